The van der Waals surface area contributed by atoms with Gasteiger partial charge in [0.1, 0.15) is 23.2 Å². The summed E-state index contributed by atoms with van der Waals surface area (Å²) in [6, 6.07) is 7.45. The van der Waals surface area contributed by atoms with Gasteiger partial charge in [-0.3, -0.25) is 20.4 Å². The first kappa shape index (κ1) is 23.2. The van der Waals surface area contributed by atoms with Crippen LogP contribution in [0.5, 0.6) is 11.5 Å². The number of carbonyl (C=O) groups excluding carboxylic acids is 2. The standard InChI is InChI=1S/C21H22F2N4O4S/c1-11(2)18(25-19(28)17-13(22)4-3-5-14(17)23)20(29)26-27-21(32)24-9-12-6-7-15-16(8-12)31-10-30-15/h3-8,11,18H,9-10H2,1-2H3,(H,25,28)(H,26,29)(H2,24,27,32)/t18-/m1/s1. The van der Waals surface area contributed by atoms with E-state index in [1.165, 1.54) is 0 Å². The Labute approximate surface area is 188 Å². The van der Waals surface area contributed by atoms with E-state index in [0.29, 0.717) is 18.0 Å². The van der Waals surface area contributed by atoms with Gasteiger partial charge in [-0.05, 0) is 48.0 Å². The van der Waals surface area contributed by atoms with E-state index in [1.807, 2.05) is 12.1 Å². The summed E-state index contributed by atoms with van der Waals surface area (Å²) >= 11 is 5.14. The Morgan fingerprint density at radius 1 is 1.06 bits per heavy atom. The fourth-order valence-corrected chi connectivity index (χ4v) is 3.06. The van der Waals surface area contributed by atoms with Crippen molar-refractivity contribution in [2.45, 2.75) is 26.4 Å². The van der Waals surface area contributed by atoms with E-state index in [4.69, 9.17) is 21.7 Å². The fraction of sp³-hybridized carbons (Fsp3) is 0.286. The van der Waals surface area contributed by atoms with E-state index in [-0.39, 0.29) is 17.8 Å². The number of benzene rings is 2. The molecule has 8 nitrogen and oxygen atoms in total. The molecule has 0 unspecified atom stereocenters. The largest absolute Gasteiger partial charge is 0.454 e. The van der Waals surface area contributed by atoms with Crippen LogP contribution in [0.15, 0.2) is 36.4 Å². The van der Waals surface area contributed by atoms with Gasteiger partial charge in [0.05, 0.1) is 0 Å². The molecule has 2 aromatic carbocycles. The van der Waals surface area contributed by atoms with E-state index in [9.17, 15) is 18.4 Å². The third-order valence-corrected chi connectivity index (χ3v) is 4.86. The van der Waals surface area contributed by atoms with Crippen molar-refractivity contribution in [3.8, 4) is 11.5 Å². The highest BCUT2D eigenvalue weighted by Gasteiger charge is 2.27. The first-order chi connectivity index (χ1) is 15.3. The number of hydrazine groups is 1. The third kappa shape index (κ3) is 5.61. The van der Waals surface area contributed by atoms with E-state index in [0.717, 1.165) is 23.8 Å². The van der Waals surface area contributed by atoms with Crippen molar-refractivity contribution in [1.29, 1.82) is 0 Å². The van der Waals surface area contributed by atoms with Gasteiger partial charge in [-0.1, -0.05) is 26.0 Å². The maximum Gasteiger partial charge on any atom is 0.261 e. The number of hydrogen-bond donors (Lipinski definition) is 4. The van der Waals surface area contributed by atoms with E-state index >= 15 is 0 Å². The van der Waals surface area contributed by atoms with Crippen LogP contribution in [-0.4, -0.2) is 29.8 Å². The van der Waals surface area contributed by atoms with Gasteiger partial charge in [-0.25, -0.2) is 8.78 Å². The third-order valence-electron chi connectivity index (χ3n) is 4.61. The van der Waals surface area contributed by atoms with Crippen molar-refractivity contribution in [1.82, 2.24) is 21.5 Å². The van der Waals surface area contributed by atoms with Gasteiger partial charge in [0.2, 0.25) is 6.79 Å². The monoisotopic (exact) mass is 464 g/mol. The van der Waals surface area contributed by atoms with Crippen LogP contribution in [-0.2, 0) is 11.3 Å². The Balaban J connectivity index is 1.52. The molecule has 0 spiro atoms. The molecule has 0 radical (unpaired) electrons. The van der Waals surface area contributed by atoms with Crippen molar-refractivity contribution in [3.05, 3.63) is 59.2 Å². The molecule has 0 saturated heterocycles. The van der Waals surface area contributed by atoms with Crippen LogP contribution < -0.4 is 31.0 Å². The van der Waals surface area contributed by atoms with E-state index in [2.05, 4.69) is 21.5 Å². The number of thiocarbonyl (C=S) groups is 1. The zero-order valence-electron chi connectivity index (χ0n) is 17.3. The molecule has 2 aromatic rings. The lowest BCUT2D eigenvalue weighted by Gasteiger charge is -2.22. The van der Waals surface area contributed by atoms with Gasteiger partial charge in [0.25, 0.3) is 11.8 Å². The van der Waals surface area contributed by atoms with Crippen molar-refractivity contribution >= 4 is 29.1 Å². The first-order valence-electron chi connectivity index (χ1n) is 9.73. The van der Waals surface area contributed by atoms with Crippen LogP contribution in [0, 0.1) is 17.6 Å². The zero-order valence-corrected chi connectivity index (χ0v) is 18.1. The molecule has 0 bridgehead atoms. The molecule has 2 amide bonds. The normalized spacial score (nSPS) is 12.8. The van der Waals surface area contributed by atoms with Gasteiger partial charge in [-0.2, -0.15) is 0 Å². The maximum absolute atomic E-state index is 13.9. The molecule has 1 atom stereocenters. The number of ether oxygens (including phenoxy) is 2. The molecule has 11 heteroatoms. The number of rotatable bonds is 6. The van der Waals surface area contributed by atoms with Crippen LogP contribution in [0.2, 0.25) is 0 Å². The summed E-state index contributed by atoms with van der Waals surface area (Å²) in [6.45, 7) is 3.89. The van der Waals surface area contributed by atoms with Gasteiger partial charge >= 0.3 is 0 Å². The first-order valence-corrected chi connectivity index (χ1v) is 10.1. The topological polar surface area (TPSA) is 101 Å². The van der Waals surface area contributed by atoms with Crippen LogP contribution in [0.1, 0.15) is 29.8 Å². The number of carbonyl (C=O) groups is 2. The van der Waals surface area contributed by atoms with Crippen LogP contribution in [0.3, 0.4) is 0 Å². The van der Waals surface area contributed by atoms with Crippen molar-refractivity contribution in [2.24, 2.45) is 5.92 Å². The molecule has 0 fully saturated rings. The van der Waals surface area contributed by atoms with E-state index < -0.39 is 35.1 Å². The highest BCUT2D eigenvalue weighted by atomic mass is 32.1. The maximum atomic E-state index is 13.9. The van der Waals surface area contributed by atoms with Crippen LogP contribution >= 0.6 is 12.2 Å². The Bertz CT molecular complexity index is 1010. The predicted molar refractivity (Wildman–Crippen MR) is 116 cm³/mol. The number of nitrogens with one attached hydrogen (secondary N) is 4. The Morgan fingerprint density at radius 3 is 2.44 bits per heavy atom. The number of amides is 2. The average molecular weight is 464 g/mol. The number of hydrogen-bond acceptors (Lipinski definition) is 5. The van der Waals surface area contributed by atoms with Gasteiger partial charge < -0.3 is 20.1 Å². The molecule has 1 heterocycles. The molecular weight excluding hydrogens is 442 g/mol. The smallest absolute Gasteiger partial charge is 0.261 e. The minimum absolute atomic E-state index is 0.130. The summed E-state index contributed by atoms with van der Waals surface area (Å²) in [6.07, 6.45) is 0. The summed E-state index contributed by atoms with van der Waals surface area (Å²) in [5.41, 5.74) is 5.06. The molecule has 0 aliphatic carbocycles. The molecule has 170 valence electrons. The summed E-state index contributed by atoms with van der Waals surface area (Å²) in [5.74, 6) is -2.76. The van der Waals surface area contributed by atoms with Crippen LogP contribution in [0.25, 0.3) is 0 Å². The lowest BCUT2D eigenvalue weighted by atomic mass is 10.0. The van der Waals surface area contributed by atoms with Gasteiger partial charge in [0, 0.05) is 6.54 Å². The average Bonchev–Trinajstić information content (AvgIpc) is 3.22. The number of fused-ring (bicyclic) bond motifs is 1. The molecule has 0 aromatic heterocycles. The Morgan fingerprint density at radius 2 is 1.75 bits per heavy atom. The minimum atomic E-state index is -1.06. The molecule has 1 aliphatic heterocycles. The summed E-state index contributed by atoms with van der Waals surface area (Å²) < 4.78 is 38.3. The summed E-state index contributed by atoms with van der Waals surface area (Å²) in [5, 5.41) is 5.41. The summed E-state index contributed by atoms with van der Waals surface area (Å²) in [7, 11) is 0. The minimum Gasteiger partial charge on any atom is -0.454 e. The second kappa shape index (κ2) is 10.2. The molecule has 4 N–H and O–H groups in total. The van der Waals surface area contributed by atoms with E-state index in [1.54, 1.807) is 19.9 Å². The molecule has 1 aliphatic rings. The molecule has 32 heavy (non-hydrogen) atoms. The highest BCUT2D eigenvalue weighted by Crippen LogP contribution is 2.32. The zero-order chi connectivity index (χ0) is 23.3. The Kier molecular flexibility index (Phi) is 7.41. The van der Waals surface area contributed by atoms with Crippen molar-refractivity contribution in [3.63, 3.8) is 0 Å². The van der Waals surface area contributed by atoms with Crippen molar-refractivity contribution < 1.29 is 27.8 Å². The number of halogens is 2. The lowest BCUT2D eigenvalue weighted by molar-refractivity contribution is -0.124. The highest BCUT2D eigenvalue weighted by molar-refractivity contribution is 7.80. The summed E-state index contributed by atoms with van der Waals surface area (Å²) in [4.78, 5) is 24.9. The Hall–Kier alpha value is -3.47. The molecule has 3 rings (SSSR count). The second-order valence-electron chi connectivity index (χ2n) is 7.28. The van der Waals surface area contributed by atoms with Crippen molar-refractivity contribution in [2.75, 3.05) is 6.79 Å². The van der Waals surface area contributed by atoms with Gasteiger partial charge in [0.15, 0.2) is 16.6 Å². The lowest BCUT2D eigenvalue weighted by Crippen LogP contribution is -2.55. The van der Waals surface area contributed by atoms with Crippen LogP contribution in [0.4, 0.5) is 8.78 Å². The van der Waals surface area contributed by atoms with Gasteiger partial charge in [-0.15, -0.1) is 0 Å². The fourth-order valence-electron chi connectivity index (χ4n) is 2.94. The quantitative estimate of drug-likeness (QED) is 0.384. The second-order valence-corrected chi connectivity index (χ2v) is 7.68. The molecule has 0 saturated carbocycles. The predicted octanol–water partition coefficient (Wildman–Crippen LogP) is 2.14. The SMILES string of the molecule is CC(C)[C@@H](NC(=O)c1c(F)cccc1F)C(=O)NNC(=S)NCc1ccc2c(c1)OCO2. The molecular formula is C21H22F2N4O4S.